The molecule has 1 aromatic rings. The van der Waals surface area contributed by atoms with Crippen LogP contribution in [0.4, 0.5) is 4.39 Å². The van der Waals surface area contributed by atoms with Crippen LogP contribution in [0.2, 0.25) is 0 Å². The molecule has 0 fully saturated rings. The van der Waals surface area contributed by atoms with E-state index in [4.69, 9.17) is 0 Å². The van der Waals surface area contributed by atoms with Crippen LogP contribution in [0.1, 0.15) is 5.56 Å². The molecule has 1 unspecified atom stereocenters. The predicted octanol–water partition coefficient (Wildman–Crippen LogP) is 1.89. The van der Waals surface area contributed by atoms with Crippen molar-refractivity contribution in [2.45, 2.75) is 11.2 Å². The Hall–Kier alpha value is -0.940. The Labute approximate surface area is 108 Å². The van der Waals surface area contributed by atoms with Crippen LogP contribution in [0.5, 0.6) is 0 Å². The number of esters is 1. The van der Waals surface area contributed by atoms with Crippen molar-refractivity contribution in [3.63, 3.8) is 0 Å². The minimum absolute atomic E-state index is 0.197. The third-order valence-corrected chi connectivity index (χ3v) is 3.01. The average Bonchev–Trinajstić information content (AvgIpc) is 2.35. The van der Waals surface area contributed by atoms with Gasteiger partial charge in [-0.15, -0.1) is 0 Å². The van der Waals surface area contributed by atoms with Crippen molar-refractivity contribution in [1.82, 2.24) is 5.32 Å². The number of alkyl halides is 1. The molecule has 0 radical (unpaired) electrons. The lowest BCUT2D eigenvalue weighted by atomic mass is 10.1. The molecule has 1 rings (SSSR count). The van der Waals surface area contributed by atoms with E-state index in [0.29, 0.717) is 25.1 Å². The highest BCUT2D eigenvalue weighted by atomic mass is 79.9. The zero-order valence-electron chi connectivity index (χ0n) is 9.58. The van der Waals surface area contributed by atoms with Crippen molar-refractivity contribution in [2.75, 3.05) is 20.2 Å². The second-order valence-corrected chi connectivity index (χ2v) is 4.64. The summed E-state index contributed by atoms with van der Waals surface area (Å²) in [6.45, 7) is 1.07. The smallest absolute Gasteiger partial charge is 0.320 e. The van der Waals surface area contributed by atoms with Gasteiger partial charge in [0.25, 0.3) is 0 Å². The molecule has 0 spiro atoms. The Morgan fingerprint density at radius 2 is 2.24 bits per heavy atom. The van der Waals surface area contributed by atoms with Crippen molar-refractivity contribution >= 4 is 21.9 Å². The van der Waals surface area contributed by atoms with Crippen molar-refractivity contribution in [3.8, 4) is 0 Å². The maximum Gasteiger partial charge on any atom is 0.320 e. The fraction of sp³-hybridized carbons (Fsp3) is 0.417. The van der Waals surface area contributed by atoms with E-state index in [1.54, 1.807) is 18.2 Å². The topological polar surface area (TPSA) is 38.3 Å². The predicted molar refractivity (Wildman–Crippen MR) is 67.7 cm³/mol. The van der Waals surface area contributed by atoms with E-state index in [1.165, 1.54) is 13.2 Å². The summed E-state index contributed by atoms with van der Waals surface area (Å²) < 4.78 is 17.8. The van der Waals surface area contributed by atoms with Gasteiger partial charge in [0.1, 0.15) is 10.6 Å². The SMILES string of the molecule is COC(=O)C(Br)CNCCc1ccccc1F. The molecule has 0 saturated heterocycles. The highest BCUT2D eigenvalue weighted by molar-refractivity contribution is 9.10. The van der Waals surface area contributed by atoms with Crippen molar-refractivity contribution in [2.24, 2.45) is 0 Å². The van der Waals surface area contributed by atoms with Crippen LogP contribution in [0, 0.1) is 5.82 Å². The minimum atomic E-state index is -0.367. The molecule has 0 aromatic heterocycles. The van der Waals surface area contributed by atoms with Gasteiger partial charge in [-0.05, 0) is 24.6 Å². The summed E-state index contributed by atoms with van der Waals surface area (Å²) in [6, 6.07) is 6.66. The Bertz CT molecular complexity index is 373. The van der Waals surface area contributed by atoms with E-state index in [9.17, 15) is 9.18 Å². The van der Waals surface area contributed by atoms with Gasteiger partial charge >= 0.3 is 5.97 Å². The van der Waals surface area contributed by atoms with Gasteiger partial charge in [-0.1, -0.05) is 34.1 Å². The molecule has 0 aliphatic carbocycles. The molecule has 3 nitrogen and oxygen atoms in total. The van der Waals surface area contributed by atoms with Crippen LogP contribution in [-0.2, 0) is 16.0 Å². The van der Waals surface area contributed by atoms with Gasteiger partial charge in [-0.2, -0.15) is 0 Å². The molecule has 94 valence electrons. The van der Waals surface area contributed by atoms with Gasteiger partial charge in [0.15, 0.2) is 0 Å². The van der Waals surface area contributed by atoms with E-state index in [2.05, 4.69) is 26.0 Å². The highest BCUT2D eigenvalue weighted by Crippen LogP contribution is 2.06. The normalized spacial score (nSPS) is 12.2. The van der Waals surface area contributed by atoms with Crippen molar-refractivity contribution in [1.29, 1.82) is 0 Å². The summed E-state index contributed by atoms with van der Waals surface area (Å²) in [5, 5.41) is 3.06. The molecule has 0 saturated carbocycles. The number of carbonyl (C=O) groups is 1. The summed E-state index contributed by atoms with van der Waals surface area (Å²) in [5.41, 5.74) is 0.671. The second kappa shape index (κ2) is 7.40. The molecule has 1 N–H and O–H groups in total. The Morgan fingerprint density at radius 3 is 2.88 bits per heavy atom. The largest absolute Gasteiger partial charge is 0.468 e. The lowest BCUT2D eigenvalue weighted by molar-refractivity contribution is -0.139. The first-order valence-corrected chi connectivity index (χ1v) is 6.22. The molecule has 0 aliphatic heterocycles. The molecular weight excluding hydrogens is 289 g/mol. The quantitative estimate of drug-likeness (QED) is 0.495. The van der Waals surface area contributed by atoms with Gasteiger partial charge < -0.3 is 10.1 Å². The van der Waals surface area contributed by atoms with Crippen LogP contribution >= 0.6 is 15.9 Å². The number of ether oxygens (including phenoxy) is 1. The van der Waals surface area contributed by atoms with Gasteiger partial charge in [-0.3, -0.25) is 4.79 Å². The summed E-state index contributed by atoms with van der Waals surface area (Å²) in [4.78, 5) is 10.7. The van der Waals surface area contributed by atoms with Crippen LogP contribution in [-0.4, -0.2) is 31.0 Å². The zero-order valence-corrected chi connectivity index (χ0v) is 11.2. The van der Waals surface area contributed by atoms with Crippen molar-refractivity contribution < 1.29 is 13.9 Å². The Kier molecular flexibility index (Phi) is 6.15. The molecular formula is C12H15BrFNO2. The molecule has 1 atom stereocenters. The van der Waals surface area contributed by atoms with Gasteiger partial charge in [0.05, 0.1) is 7.11 Å². The molecule has 0 amide bonds. The van der Waals surface area contributed by atoms with Gasteiger partial charge in [-0.25, -0.2) is 4.39 Å². The van der Waals surface area contributed by atoms with Crippen molar-refractivity contribution in [3.05, 3.63) is 35.6 Å². The number of hydrogen-bond donors (Lipinski definition) is 1. The summed E-state index contributed by atoms with van der Waals surface area (Å²) in [7, 11) is 1.34. The first-order chi connectivity index (χ1) is 8.15. The standard InChI is InChI=1S/C12H15BrFNO2/c1-17-12(16)10(13)8-15-7-6-9-4-2-3-5-11(9)14/h2-5,10,15H,6-8H2,1H3. The fourth-order valence-corrected chi connectivity index (χ4v) is 1.78. The number of benzene rings is 1. The van der Waals surface area contributed by atoms with Gasteiger partial charge in [0.2, 0.25) is 0 Å². The summed E-state index contributed by atoms with van der Waals surface area (Å²) >= 11 is 3.19. The van der Waals surface area contributed by atoms with Crippen LogP contribution in [0.25, 0.3) is 0 Å². The molecule has 0 bridgehead atoms. The zero-order chi connectivity index (χ0) is 12.7. The molecule has 5 heteroatoms. The first kappa shape index (κ1) is 14.1. The summed E-state index contributed by atoms with van der Waals surface area (Å²) in [5.74, 6) is -0.513. The second-order valence-electron chi connectivity index (χ2n) is 3.54. The number of halogens is 2. The van der Waals surface area contributed by atoms with E-state index < -0.39 is 0 Å². The molecule has 17 heavy (non-hydrogen) atoms. The number of rotatable bonds is 6. The lowest BCUT2D eigenvalue weighted by Gasteiger charge is -2.09. The Balaban J connectivity index is 2.25. The molecule has 0 aliphatic rings. The van der Waals surface area contributed by atoms with Crippen LogP contribution in [0.3, 0.4) is 0 Å². The highest BCUT2D eigenvalue weighted by Gasteiger charge is 2.13. The lowest BCUT2D eigenvalue weighted by Crippen LogP contribution is -2.31. The van der Waals surface area contributed by atoms with Crippen LogP contribution < -0.4 is 5.32 Å². The number of hydrogen-bond acceptors (Lipinski definition) is 3. The Morgan fingerprint density at radius 1 is 1.53 bits per heavy atom. The van der Waals surface area contributed by atoms with E-state index in [-0.39, 0.29) is 16.6 Å². The van der Waals surface area contributed by atoms with E-state index in [0.717, 1.165) is 0 Å². The van der Waals surface area contributed by atoms with E-state index in [1.807, 2.05) is 0 Å². The minimum Gasteiger partial charge on any atom is -0.468 e. The summed E-state index contributed by atoms with van der Waals surface area (Å²) in [6.07, 6.45) is 0.591. The maximum atomic E-state index is 13.2. The number of methoxy groups -OCH3 is 1. The number of carbonyl (C=O) groups excluding carboxylic acids is 1. The molecule has 0 heterocycles. The third-order valence-electron chi connectivity index (χ3n) is 2.31. The maximum absolute atomic E-state index is 13.2. The van der Waals surface area contributed by atoms with Gasteiger partial charge in [0, 0.05) is 6.54 Å². The monoisotopic (exact) mass is 303 g/mol. The number of nitrogens with one attached hydrogen (secondary N) is 1. The van der Waals surface area contributed by atoms with E-state index >= 15 is 0 Å². The van der Waals surface area contributed by atoms with Crippen LogP contribution in [0.15, 0.2) is 24.3 Å². The third kappa shape index (κ3) is 4.83. The average molecular weight is 304 g/mol. The molecule has 1 aromatic carbocycles. The first-order valence-electron chi connectivity index (χ1n) is 5.31. The fourth-order valence-electron chi connectivity index (χ4n) is 1.36.